The Morgan fingerprint density at radius 1 is 1.45 bits per heavy atom. The molecule has 1 amide bonds. The van der Waals surface area contributed by atoms with E-state index in [1.807, 2.05) is 20.8 Å². The van der Waals surface area contributed by atoms with Gasteiger partial charge in [0.2, 0.25) is 5.91 Å². The molecule has 1 aromatic heterocycles. The first-order valence-corrected chi connectivity index (χ1v) is 7.10. The van der Waals surface area contributed by atoms with E-state index in [1.54, 1.807) is 6.33 Å². The summed E-state index contributed by atoms with van der Waals surface area (Å²) >= 11 is 0. The summed E-state index contributed by atoms with van der Waals surface area (Å²) < 4.78 is 0. The van der Waals surface area contributed by atoms with Crippen molar-refractivity contribution in [3.8, 4) is 0 Å². The van der Waals surface area contributed by atoms with Gasteiger partial charge in [0, 0.05) is 25.2 Å². The van der Waals surface area contributed by atoms with Gasteiger partial charge in [0.25, 0.3) is 0 Å². The van der Waals surface area contributed by atoms with E-state index in [0.717, 1.165) is 36.7 Å². The number of hydrogen-bond acceptors (Lipinski definition) is 5. The second-order valence-corrected chi connectivity index (χ2v) is 5.56. The Bertz CT molecular complexity index is 500. The van der Waals surface area contributed by atoms with Gasteiger partial charge in [0.15, 0.2) is 0 Å². The molecule has 1 aromatic rings. The zero-order chi connectivity index (χ0) is 14.8. The number of anilines is 2. The third-order valence-electron chi connectivity index (χ3n) is 3.71. The first-order valence-electron chi connectivity index (χ1n) is 7.10. The molecule has 0 spiro atoms. The van der Waals surface area contributed by atoms with Gasteiger partial charge in [0.1, 0.15) is 23.5 Å². The van der Waals surface area contributed by atoms with Crippen molar-refractivity contribution in [2.45, 2.75) is 39.7 Å². The highest BCUT2D eigenvalue weighted by molar-refractivity contribution is 5.90. The van der Waals surface area contributed by atoms with Crippen LogP contribution in [0.1, 0.15) is 32.8 Å². The van der Waals surface area contributed by atoms with Crippen LogP contribution in [0.5, 0.6) is 0 Å². The summed E-state index contributed by atoms with van der Waals surface area (Å²) in [5.74, 6) is 1.71. The minimum absolute atomic E-state index is 0.0322. The van der Waals surface area contributed by atoms with E-state index >= 15 is 0 Å². The first-order chi connectivity index (χ1) is 9.48. The van der Waals surface area contributed by atoms with Gasteiger partial charge < -0.3 is 15.5 Å². The van der Waals surface area contributed by atoms with Gasteiger partial charge in [0.05, 0.1) is 0 Å². The number of carbonyl (C=O) groups is 1. The Morgan fingerprint density at radius 2 is 2.20 bits per heavy atom. The number of hydrogen-bond donors (Lipinski definition) is 2. The number of carbonyl (C=O) groups excluding carboxylic acids is 1. The molecule has 20 heavy (non-hydrogen) atoms. The molecule has 0 aromatic carbocycles. The maximum Gasteiger partial charge on any atom is 0.245 e. The van der Waals surface area contributed by atoms with E-state index in [0.29, 0.717) is 6.54 Å². The maximum absolute atomic E-state index is 12.1. The molecule has 0 atom stereocenters. The fraction of sp³-hybridized carbons (Fsp3) is 0.643. The van der Waals surface area contributed by atoms with E-state index in [9.17, 15) is 4.79 Å². The first kappa shape index (κ1) is 14.6. The lowest BCUT2D eigenvalue weighted by atomic mass is 9.98. The Balaban J connectivity index is 2.34. The molecular formula is C14H23N5O. The monoisotopic (exact) mass is 277 g/mol. The number of amides is 1. The summed E-state index contributed by atoms with van der Waals surface area (Å²) in [7, 11) is 0. The molecule has 0 bridgehead atoms. The van der Waals surface area contributed by atoms with E-state index in [4.69, 9.17) is 0 Å². The second-order valence-electron chi connectivity index (χ2n) is 5.56. The summed E-state index contributed by atoms with van der Waals surface area (Å²) in [6.45, 7) is 10.2. The highest BCUT2D eigenvalue weighted by Crippen LogP contribution is 2.29. The van der Waals surface area contributed by atoms with Crippen LogP contribution >= 0.6 is 0 Å². The highest BCUT2D eigenvalue weighted by Gasteiger charge is 2.39. The second kappa shape index (κ2) is 5.64. The topological polar surface area (TPSA) is 70.2 Å². The maximum atomic E-state index is 12.1. The molecule has 1 aliphatic heterocycles. The van der Waals surface area contributed by atoms with E-state index in [1.165, 1.54) is 0 Å². The smallest absolute Gasteiger partial charge is 0.245 e. The number of nitrogens with one attached hydrogen (secondary N) is 2. The Kier molecular flexibility index (Phi) is 4.11. The van der Waals surface area contributed by atoms with Crippen LogP contribution in [-0.2, 0) is 4.79 Å². The van der Waals surface area contributed by atoms with Crippen molar-refractivity contribution in [1.82, 2.24) is 15.3 Å². The van der Waals surface area contributed by atoms with Crippen molar-refractivity contribution in [3.05, 3.63) is 11.9 Å². The summed E-state index contributed by atoms with van der Waals surface area (Å²) in [6, 6.07) is 0. The van der Waals surface area contributed by atoms with Crippen molar-refractivity contribution < 1.29 is 4.79 Å². The number of nitrogens with zero attached hydrogens (tertiary/aromatic N) is 3. The van der Waals surface area contributed by atoms with Crippen molar-refractivity contribution in [2.75, 3.05) is 29.9 Å². The SMILES string of the molecule is CCCNc1ncnc(N2CCNC(=O)C2(C)C)c1C. The van der Waals surface area contributed by atoms with Crippen LogP contribution in [0.25, 0.3) is 0 Å². The molecule has 0 aliphatic carbocycles. The third kappa shape index (κ3) is 2.55. The fourth-order valence-electron chi connectivity index (χ4n) is 2.40. The molecule has 1 saturated heterocycles. The molecule has 6 nitrogen and oxygen atoms in total. The van der Waals surface area contributed by atoms with E-state index < -0.39 is 5.54 Å². The lowest BCUT2D eigenvalue weighted by Crippen LogP contribution is -2.62. The van der Waals surface area contributed by atoms with Crippen LogP contribution in [0.3, 0.4) is 0 Å². The molecule has 6 heteroatoms. The van der Waals surface area contributed by atoms with Crippen molar-refractivity contribution in [3.63, 3.8) is 0 Å². The molecule has 0 unspecified atom stereocenters. The summed E-state index contributed by atoms with van der Waals surface area (Å²) in [6.07, 6.45) is 2.60. The Hall–Kier alpha value is -1.85. The van der Waals surface area contributed by atoms with Gasteiger partial charge in [-0.15, -0.1) is 0 Å². The van der Waals surface area contributed by atoms with Crippen molar-refractivity contribution in [1.29, 1.82) is 0 Å². The van der Waals surface area contributed by atoms with Crippen molar-refractivity contribution >= 4 is 17.5 Å². The highest BCUT2D eigenvalue weighted by atomic mass is 16.2. The largest absolute Gasteiger partial charge is 0.370 e. The quantitative estimate of drug-likeness (QED) is 0.868. The number of aromatic nitrogens is 2. The van der Waals surface area contributed by atoms with Crippen LogP contribution in [0.4, 0.5) is 11.6 Å². The van der Waals surface area contributed by atoms with Gasteiger partial charge in [-0.25, -0.2) is 9.97 Å². The van der Waals surface area contributed by atoms with Gasteiger partial charge >= 0.3 is 0 Å². The van der Waals surface area contributed by atoms with Crippen LogP contribution in [0.2, 0.25) is 0 Å². The van der Waals surface area contributed by atoms with Crippen LogP contribution in [0, 0.1) is 6.92 Å². The molecular weight excluding hydrogens is 254 g/mol. The predicted molar refractivity (Wildman–Crippen MR) is 80.0 cm³/mol. The van der Waals surface area contributed by atoms with Gasteiger partial charge in [-0.05, 0) is 27.2 Å². The summed E-state index contributed by atoms with van der Waals surface area (Å²) in [5.41, 5.74) is 0.392. The Morgan fingerprint density at radius 3 is 2.90 bits per heavy atom. The van der Waals surface area contributed by atoms with E-state index in [-0.39, 0.29) is 5.91 Å². The number of rotatable bonds is 4. The van der Waals surface area contributed by atoms with Crippen LogP contribution < -0.4 is 15.5 Å². The molecule has 0 saturated carbocycles. The fourth-order valence-corrected chi connectivity index (χ4v) is 2.40. The molecule has 110 valence electrons. The molecule has 2 heterocycles. The summed E-state index contributed by atoms with van der Waals surface area (Å²) in [4.78, 5) is 22.8. The van der Waals surface area contributed by atoms with Gasteiger partial charge in [-0.3, -0.25) is 4.79 Å². The molecule has 1 aliphatic rings. The lowest BCUT2D eigenvalue weighted by molar-refractivity contribution is -0.126. The average molecular weight is 277 g/mol. The minimum Gasteiger partial charge on any atom is -0.370 e. The molecule has 2 rings (SSSR count). The molecule has 2 N–H and O–H groups in total. The van der Waals surface area contributed by atoms with Crippen LogP contribution in [0.15, 0.2) is 6.33 Å². The number of piperazine rings is 1. The van der Waals surface area contributed by atoms with Gasteiger partial charge in [-0.1, -0.05) is 6.92 Å². The van der Waals surface area contributed by atoms with Crippen molar-refractivity contribution in [2.24, 2.45) is 0 Å². The van der Waals surface area contributed by atoms with Crippen LogP contribution in [-0.4, -0.2) is 41.0 Å². The van der Waals surface area contributed by atoms with E-state index in [2.05, 4.69) is 32.4 Å². The third-order valence-corrected chi connectivity index (χ3v) is 3.71. The predicted octanol–water partition coefficient (Wildman–Crippen LogP) is 1.32. The standard InChI is InChI=1S/C14H23N5O/c1-5-6-15-11-10(2)12(18-9-17-11)19-8-7-16-13(20)14(19,3)4/h9H,5-8H2,1-4H3,(H,16,20)(H,15,17,18). The normalized spacial score (nSPS) is 17.8. The summed E-state index contributed by atoms with van der Waals surface area (Å²) in [5, 5.41) is 6.20. The Labute approximate surface area is 120 Å². The zero-order valence-electron chi connectivity index (χ0n) is 12.7. The minimum atomic E-state index is -0.598. The average Bonchev–Trinajstić information content (AvgIpc) is 2.41. The van der Waals surface area contributed by atoms with Gasteiger partial charge in [-0.2, -0.15) is 0 Å². The lowest BCUT2D eigenvalue weighted by Gasteiger charge is -2.42. The zero-order valence-corrected chi connectivity index (χ0v) is 12.7. The molecule has 1 fully saturated rings. The molecule has 0 radical (unpaired) electrons.